The van der Waals surface area contributed by atoms with E-state index in [0.29, 0.717) is 11.8 Å². The van der Waals surface area contributed by atoms with Crippen LogP contribution in [-0.4, -0.2) is 11.1 Å². The van der Waals surface area contributed by atoms with Gasteiger partial charge < -0.3 is 10.4 Å². The Balaban J connectivity index is 1.99. The number of hydrogen-bond donors (Lipinski definition) is 2. The summed E-state index contributed by atoms with van der Waals surface area (Å²) in [5, 5.41) is 13.4. The number of rotatable bonds is 3. The summed E-state index contributed by atoms with van der Waals surface area (Å²) in [6.07, 6.45) is 2.63. The lowest BCUT2D eigenvalue weighted by Crippen LogP contribution is -2.31. The molecule has 0 radical (unpaired) electrons. The van der Waals surface area contributed by atoms with Gasteiger partial charge in [-0.25, -0.2) is 0 Å². The Morgan fingerprint density at radius 1 is 1.17 bits per heavy atom. The van der Waals surface area contributed by atoms with Crippen LogP contribution in [0.5, 0.6) is 5.75 Å². The van der Waals surface area contributed by atoms with Crippen molar-refractivity contribution >= 4 is 0 Å². The van der Waals surface area contributed by atoms with E-state index in [1.54, 1.807) is 0 Å². The third kappa shape index (κ3) is 2.69. The number of aryl methyl sites for hydroxylation is 2. The highest BCUT2D eigenvalue weighted by atomic mass is 16.3. The lowest BCUT2D eigenvalue weighted by atomic mass is 9.97. The summed E-state index contributed by atoms with van der Waals surface area (Å²) >= 11 is 0. The largest absolute Gasteiger partial charge is 0.507 e. The van der Waals surface area contributed by atoms with E-state index in [1.165, 1.54) is 18.4 Å². The van der Waals surface area contributed by atoms with Gasteiger partial charge in [-0.3, -0.25) is 0 Å². The molecule has 3 unspecified atom stereocenters. The van der Waals surface area contributed by atoms with Gasteiger partial charge in [0.2, 0.25) is 0 Å². The molecular formula is C16H25NO. The molecule has 1 aliphatic rings. The lowest BCUT2D eigenvalue weighted by Gasteiger charge is -2.20. The van der Waals surface area contributed by atoms with Crippen molar-refractivity contribution < 1.29 is 5.11 Å². The normalized spacial score (nSPS) is 27.7. The molecule has 2 N–H and O–H groups in total. The van der Waals surface area contributed by atoms with Gasteiger partial charge >= 0.3 is 0 Å². The van der Waals surface area contributed by atoms with Gasteiger partial charge in [0.1, 0.15) is 5.75 Å². The van der Waals surface area contributed by atoms with Gasteiger partial charge in [-0.15, -0.1) is 0 Å². The molecule has 0 amide bonds. The maximum atomic E-state index is 9.77. The first-order valence-electron chi connectivity index (χ1n) is 7.01. The van der Waals surface area contributed by atoms with Crippen LogP contribution >= 0.6 is 0 Å². The molecule has 2 heteroatoms. The minimum Gasteiger partial charge on any atom is -0.507 e. The van der Waals surface area contributed by atoms with Crippen LogP contribution in [0.4, 0.5) is 0 Å². The van der Waals surface area contributed by atoms with E-state index < -0.39 is 0 Å². The summed E-state index contributed by atoms with van der Waals surface area (Å²) in [5.41, 5.74) is 3.22. The van der Waals surface area contributed by atoms with Gasteiger partial charge in [0.25, 0.3) is 0 Å². The molecule has 0 spiro atoms. The van der Waals surface area contributed by atoms with E-state index >= 15 is 0 Å². The summed E-state index contributed by atoms with van der Waals surface area (Å²) in [6.45, 7) is 9.53. The van der Waals surface area contributed by atoms with Crippen LogP contribution in [0.3, 0.4) is 0 Å². The molecule has 3 atom stereocenters. The second-order valence-electron chi connectivity index (χ2n) is 5.98. The van der Waals surface area contributed by atoms with Crippen molar-refractivity contribution in [1.29, 1.82) is 0 Å². The summed E-state index contributed by atoms with van der Waals surface area (Å²) in [7, 11) is 0. The summed E-state index contributed by atoms with van der Waals surface area (Å²) in [4.78, 5) is 0. The molecule has 2 rings (SSSR count). The molecule has 1 fully saturated rings. The highest BCUT2D eigenvalue weighted by Gasteiger charge is 2.28. The number of hydrogen-bond acceptors (Lipinski definition) is 2. The third-order valence-electron chi connectivity index (χ3n) is 4.58. The smallest absolute Gasteiger partial charge is 0.121 e. The van der Waals surface area contributed by atoms with E-state index in [2.05, 4.69) is 31.3 Å². The molecule has 0 bridgehead atoms. The molecule has 2 nitrogen and oxygen atoms in total. The average molecular weight is 247 g/mol. The van der Waals surface area contributed by atoms with Crippen molar-refractivity contribution in [1.82, 2.24) is 5.32 Å². The number of phenolic OH excluding ortho intramolecular Hbond substituents is 1. The number of aromatic hydroxyl groups is 1. The Hall–Kier alpha value is -1.02. The first kappa shape index (κ1) is 13.4. The van der Waals surface area contributed by atoms with Crippen molar-refractivity contribution in [2.75, 3.05) is 0 Å². The number of phenols is 1. The van der Waals surface area contributed by atoms with E-state index in [9.17, 15) is 5.11 Å². The second kappa shape index (κ2) is 5.31. The zero-order chi connectivity index (χ0) is 13.3. The lowest BCUT2D eigenvalue weighted by molar-refractivity contribution is 0.369. The monoisotopic (exact) mass is 247 g/mol. The molecule has 1 aliphatic carbocycles. The maximum Gasteiger partial charge on any atom is 0.121 e. The molecule has 1 aromatic rings. The van der Waals surface area contributed by atoms with E-state index in [4.69, 9.17) is 0 Å². The molecule has 1 aromatic carbocycles. The van der Waals surface area contributed by atoms with Gasteiger partial charge in [0, 0.05) is 12.6 Å². The van der Waals surface area contributed by atoms with Crippen LogP contribution in [0.25, 0.3) is 0 Å². The number of nitrogens with one attached hydrogen (secondary N) is 1. The fourth-order valence-corrected chi connectivity index (χ4v) is 3.05. The van der Waals surface area contributed by atoms with Crippen LogP contribution in [0.15, 0.2) is 12.1 Å². The minimum atomic E-state index is 0.432. The van der Waals surface area contributed by atoms with Crippen LogP contribution in [0.1, 0.15) is 43.4 Å². The predicted octanol–water partition coefficient (Wildman–Crippen LogP) is 3.53. The van der Waals surface area contributed by atoms with Crippen molar-refractivity contribution in [3.63, 3.8) is 0 Å². The molecule has 1 saturated carbocycles. The van der Waals surface area contributed by atoms with Gasteiger partial charge in [-0.05, 0) is 55.2 Å². The van der Waals surface area contributed by atoms with E-state index in [1.807, 2.05) is 13.8 Å². The maximum absolute atomic E-state index is 9.77. The Morgan fingerprint density at radius 2 is 1.78 bits per heavy atom. The molecular weight excluding hydrogens is 222 g/mol. The van der Waals surface area contributed by atoms with Crippen molar-refractivity contribution in [3.05, 3.63) is 28.8 Å². The highest BCUT2D eigenvalue weighted by Crippen LogP contribution is 2.31. The van der Waals surface area contributed by atoms with Crippen molar-refractivity contribution in [2.24, 2.45) is 11.8 Å². The fourth-order valence-electron chi connectivity index (χ4n) is 3.05. The molecule has 0 heterocycles. The first-order chi connectivity index (χ1) is 8.49. The quantitative estimate of drug-likeness (QED) is 0.856. The first-order valence-corrected chi connectivity index (χ1v) is 7.01. The summed E-state index contributed by atoms with van der Waals surface area (Å²) < 4.78 is 0. The predicted molar refractivity (Wildman–Crippen MR) is 75.8 cm³/mol. The van der Waals surface area contributed by atoms with E-state index in [0.717, 1.165) is 29.5 Å². The Morgan fingerprint density at radius 3 is 2.28 bits per heavy atom. The van der Waals surface area contributed by atoms with Crippen molar-refractivity contribution in [2.45, 2.75) is 53.1 Å². The number of benzene rings is 1. The Kier molecular flexibility index (Phi) is 3.96. The molecule has 0 saturated heterocycles. The highest BCUT2D eigenvalue weighted by molar-refractivity contribution is 5.42. The summed E-state index contributed by atoms with van der Waals surface area (Å²) in [5.74, 6) is 2.04. The fraction of sp³-hybridized carbons (Fsp3) is 0.625. The average Bonchev–Trinajstić information content (AvgIpc) is 2.64. The van der Waals surface area contributed by atoms with Crippen LogP contribution in [0.2, 0.25) is 0 Å². The van der Waals surface area contributed by atoms with Crippen LogP contribution in [-0.2, 0) is 6.54 Å². The molecule has 18 heavy (non-hydrogen) atoms. The molecule has 100 valence electrons. The van der Waals surface area contributed by atoms with E-state index in [-0.39, 0.29) is 0 Å². The second-order valence-corrected chi connectivity index (χ2v) is 5.98. The zero-order valence-corrected chi connectivity index (χ0v) is 12.0. The van der Waals surface area contributed by atoms with Crippen LogP contribution in [0, 0.1) is 25.7 Å². The third-order valence-corrected chi connectivity index (χ3v) is 4.58. The van der Waals surface area contributed by atoms with Gasteiger partial charge in [0.05, 0.1) is 0 Å². The van der Waals surface area contributed by atoms with Gasteiger partial charge in [-0.1, -0.05) is 26.0 Å². The Labute approximate surface area is 110 Å². The topological polar surface area (TPSA) is 32.3 Å². The van der Waals surface area contributed by atoms with Gasteiger partial charge in [0.15, 0.2) is 0 Å². The SMILES string of the molecule is Cc1cc(CNC2CCC(C)C2C)cc(C)c1O. The minimum absolute atomic E-state index is 0.432. The van der Waals surface area contributed by atoms with Gasteiger partial charge in [-0.2, -0.15) is 0 Å². The standard InChI is InChI=1S/C16H25NO/c1-10-5-6-15(13(10)4)17-9-14-7-11(2)16(18)12(3)8-14/h7-8,10,13,15,17-18H,5-6,9H2,1-4H3. The summed E-state index contributed by atoms with van der Waals surface area (Å²) in [6, 6.07) is 4.81. The Bertz CT molecular complexity index is 404. The molecule has 0 aliphatic heterocycles. The van der Waals surface area contributed by atoms with Crippen molar-refractivity contribution in [3.8, 4) is 5.75 Å². The van der Waals surface area contributed by atoms with Crippen LogP contribution < -0.4 is 5.32 Å². The zero-order valence-electron chi connectivity index (χ0n) is 12.0. The molecule has 0 aromatic heterocycles.